The van der Waals surface area contributed by atoms with Crippen molar-refractivity contribution in [3.8, 4) is 11.4 Å². The topological polar surface area (TPSA) is 57.0 Å². The maximum Gasteiger partial charge on any atom is 0.172 e. The Balaban J connectivity index is 1.79. The van der Waals surface area contributed by atoms with Crippen molar-refractivity contribution >= 4 is 6.29 Å². The van der Waals surface area contributed by atoms with Crippen molar-refractivity contribution in [3.63, 3.8) is 0 Å². The van der Waals surface area contributed by atoms with Crippen molar-refractivity contribution in [2.45, 2.75) is 44.9 Å². The third kappa shape index (κ3) is 3.60. The first-order chi connectivity index (χ1) is 11.3. The second-order valence-electron chi connectivity index (χ2n) is 6.19. The first kappa shape index (κ1) is 15.7. The Bertz CT molecular complexity index is 643. The van der Waals surface area contributed by atoms with Crippen LogP contribution in [0.4, 0.5) is 0 Å². The van der Waals surface area contributed by atoms with Gasteiger partial charge < -0.3 is 4.74 Å². The fourth-order valence-corrected chi connectivity index (χ4v) is 3.39. The molecule has 0 atom stereocenters. The zero-order valence-corrected chi connectivity index (χ0v) is 13.6. The van der Waals surface area contributed by atoms with Crippen molar-refractivity contribution in [1.82, 2.24) is 15.0 Å². The van der Waals surface area contributed by atoms with Crippen LogP contribution in [-0.2, 0) is 6.42 Å². The maximum atomic E-state index is 11.3. The highest BCUT2D eigenvalue weighted by Gasteiger charge is 2.18. The Labute approximate surface area is 136 Å². The van der Waals surface area contributed by atoms with E-state index in [0.717, 1.165) is 42.2 Å². The zero-order valence-electron chi connectivity index (χ0n) is 13.6. The molecule has 5 heteroatoms. The van der Waals surface area contributed by atoms with Crippen molar-refractivity contribution in [3.05, 3.63) is 35.7 Å². The highest BCUT2D eigenvalue weighted by molar-refractivity contribution is 5.73. The van der Waals surface area contributed by atoms with Crippen LogP contribution in [0.3, 0.4) is 0 Å². The van der Waals surface area contributed by atoms with E-state index in [9.17, 15) is 4.79 Å². The Hall–Kier alpha value is -2.17. The number of nitrogens with zero attached hydrogens (tertiary/aromatic N) is 3. The third-order valence-corrected chi connectivity index (χ3v) is 4.74. The van der Waals surface area contributed by atoms with Crippen LogP contribution in [0.15, 0.2) is 24.3 Å². The molecule has 1 saturated carbocycles. The maximum absolute atomic E-state index is 11.3. The highest BCUT2D eigenvalue weighted by Crippen LogP contribution is 2.28. The minimum absolute atomic E-state index is 0.455. The van der Waals surface area contributed by atoms with Gasteiger partial charge in [-0.25, -0.2) is 4.68 Å². The lowest BCUT2D eigenvalue weighted by molar-refractivity contribution is 0.111. The summed E-state index contributed by atoms with van der Waals surface area (Å²) >= 11 is 0. The van der Waals surface area contributed by atoms with Gasteiger partial charge in [0.1, 0.15) is 11.4 Å². The average molecular weight is 313 g/mol. The number of methoxy groups -OCH3 is 1. The van der Waals surface area contributed by atoms with Crippen LogP contribution in [0.25, 0.3) is 5.69 Å². The van der Waals surface area contributed by atoms with Gasteiger partial charge in [-0.3, -0.25) is 4.79 Å². The van der Waals surface area contributed by atoms with E-state index in [4.69, 9.17) is 4.74 Å². The number of hydrogen-bond donors (Lipinski definition) is 0. The number of carbonyl (C=O) groups excluding carboxylic acids is 1. The largest absolute Gasteiger partial charge is 0.497 e. The second kappa shape index (κ2) is 7.40. The molecule has 1 aliphatic rings. The Morgan fingerprint density at radius 2 is 1.96 bits per heavy atom. The molecule has 0 unspecified atom stereocenters. The molecule has 0 aliphatic heterocycles. The van der Waals surface area contributed by atoms with Crippen molar-refractivity contribution in [2.24, 2.45) is 5.92 Å². The normalized spacial score (nSPS) is 15.5. The standard InChI is InChI=1S/C18H23N3O2/c1-23-16-10-8-15(9-11-16)21-18(17(13-22)19-20-21)12-7-14-5-3-2-4-6-14/h8-11,13-14H,2-7,12H2,1H3. The monoisotopic (exact) mass is 313 g/mol. The van der Waals surface area contributed by atoms with E-state index in [1.54, 1.807) is 11.8 Å². The quantitative estimate of drug-likeness (QED) is 0.765. The van der Waals surface area contributed by atoms with Gasteiger partial charge in [-0.15, -0.1) is 5.10 Å². The fraction of sp³-hybridized carbons (Fsp3) is 0.500. The lowest BCUT2D eigenvalue weighted by Gasteiger charge is -2.21. The molecule has 1 heterocycles. The predicted octanol–water partition coefficient (Wildman–Crippen LogP) is 3.60. The van der Waals surface area contributed by atoms with Crippen LogP contribution in [-0.4, -0.2) is 28.4 Å². The van der Waals surface area contributed by atoms with Gasteiger partial charge in [0.2, 0.25) is 0 Å². The smallest absolute Gasteiger partial charge is 0.172 e. The predicted molar refractivity (Wildman–Crippen MR) is 88.2 cm³/mol. The summed E-state index contributed by atoms with van der Waals surface area (Å²) in [5.41, 5.74) is 2.28. The lowest BCUT2D eigenvalue weighted by atomic mass is 9.85. The van der Waals surface area contributed by atoms with Crippen LogP contribution < -0.4 is 4.74 Å². The van der Waals surface area contributed by atoms with Gasteiger partial charge in [0.15, 0.2) is 6.29 Å². The Morgan fingerprint density at radius 1 is 1.22 bits per heavy atom. The summed E-state index contributed by atoms with van der Waals surface area (Å²) in [6.45, 7) is 0. The summed E-state index contributed by atoms with van der Waals surface area (Å²) in [6.07, 6.45) is 9.40. The molecule has 1 aromatic carbocycles. The van der Waals surface area contributed by atoms with E-state index in [1.807, 2.05) is 24.3 Å². The fourth-order valence-electron chi connectivity index (χ4n) is 3.39. The SMILES string of the molecule is COc1ccc(-n2nnc(C=O)c2CCC2CCCCC2)cc1. The second-order valence-corrected chi connectivity index (χ2v) is 6.19. The molecular formula is C18H23N3O2. The van der Waals surface area contributed by atoms with Crippen molar-refractivity contribution < 1.29 is 9.53 Å². The molecular weight excluding hydrogens is 290 g/mol. The van der Waals surface area contributed by atoms with Crippen LogP contribution >= 0.6 is 0 Å². The highest BCUT2D eigenvalue weighted by atomic mass is 16.5. The number of aromatic nitrogens is 3. The summed E-state index contributed by atoms with van der Waals surface area (Å²) in [5.74, 6) is 1.57. The van der Waals surface area contributed by atoms with Gasteiger partial charge in [-0.1, -0.05) is 37.3 Å². The van der Waals surface area contributed by atoms with E-state index >= 15 is 0 Å². The molecule has 0 spiro atoms. The van der Waals surface area contributed by atoms with Crippen molar-refractivity contribution in [1.29, 1.82) is 0 Å². The lowest BCUT2D eigenvalue weighted by Crippen LogP contribution is -2.10. The van der Waals surface area contributed by atoms with E-state index in [-0.39, 0.29) is 0 Å². The van der Waals surface area contributed by atoms with Gasteiger partial charge >= 0.3 is 0 Å². The van der Waals surface area contributed by atoms with Gasteiger partial charge in [0.05, 0.1) is 18.5 Å². The molecule has 0 radical (unpaired) electrons. The van der Waals surface area contributed by atoms with Crippen LogP contribution in [0, 0.1) is 5.92 Å². The molecule has 23 heavy (non-hydrogen) atoms. The molecule has 0 amide bonds. The van der Waals surface area contributed by atoms with Gasteiger partial charge in [-0.05, 0) is 43.0 Å². The van der Waals surface area contributed by atoms with Gasteiger partial charge in [-0.2, -0.15) is 0 Å². The molecule has 0 N–H and O–H groups in total. The number of ether oxygens (including phenoxy) is 1. The first-order valence-electron chi connectivity index (χ1n) is 8.36. The average Bonchev–Trinajstić information content (AvgIpc) is 3.04. The molecule has 1 fully saturated rings. The molecule has 1 aromatic heterocycles. The molecule has 3 rings (SSSR count). The summed E-state index contributed by atoms with van der Waals surface area (Å²) in [4.78, 5) is 11.3. The zero-order chi connectivity index (χ0) is 16.1. The molecule has 2 aromatic rings. The summed E-state index contributed by atoms with van der Waals surface area (Å²) in [7, 11) is 1.64. The molecule has 122 valence electrons. The van der Waals surface area contributed by atoms with Gasteiger partial charge in [0, 0.05) is 0 Å². The minimum atomic E-state index is 0.455. The number of rotatable bonds is 6. The van der Waals surface area contributed by atoms with Crippen LogP contribution in [0.2, 0.25) is 0 Å². The summed E-state index contributed by atoms with van der Waals surface area (Å²) in [5, 5.41) is 8.20. The summed E-state index contributed by atoms with van der Waals surface area (Å²) in [6, 6.07) is 7.66. The van der Waals surface area contributed by atoms with Crippen LogP contribution in [0.5, 0.6) is 5.75 Å². The number of benzene rings is 1. The van der Waals surface area contributed by atoms with Crippen molar-refractivity contribution in [2.75, 3.05) is 7.11 Å². The summed E-state index contributed by atoms with van der Waals surface area (Å²) < 4.78 is 6.97. The van der Waals surface area contributed by atoms with Crippen LogP contribution in [0.1, 0.15) is 54.7 Å². The molecule has 1 aliphatic carbocycles. The number of aldehydes is 1. The molecule has 5 nitrogen and oxygen atoms in total. The van der Waals surface area contributed by atoms with E-state index in [0.29, 0.717) is 5.69 Å². The third-order valence-electron chi connectivity index (χ3n) is 4.74. The van der Waals surface area contributed by atoms with E-state index in [1.165, 1.54) is 32.1 Å². The minimum Gasteiger partial charge on any atom is -0.497 e. The number of hydrogen-bond acceptors (Lipinski definition) is 4. The Morgan fingerprint density at radius 3 is 2.61 bits per heavy atom. The first-order valence-corrected chi connectivity index (χ1v) is 8.36. The molecule has 0 saturated heterocycles. The molecule has 0 bridgehead atoms. The number of carbonyl (C=O) groups is 1. The van der Waals surface area contributed by atoms with Gasteiger partial charge in [0.25, 0.3) is 0 Å². The Kier molecular flexibility index (Phi) is 5.05. The van der Waals surface area contributed by atoms with E-state index < -0.39 is 0 Å². The van der Waals surface area contributed by atoms with E-state index in [2.05, 4.69) is 10.3 Å².